The molecule has 0 bridgehead atoms. The number of halogens is 2. The van der Waals surface area contributed by atoms with Crippen molar-refractivity contribution in [2.45, 2.75) is 12.0 Å². The molecule has 0 saturated carbocycles. The van der Waals surface area contributed by atoms with Crippen molar-refractivity contribution in [2.75, 3.05) is 0 Å². The predicted molar refractivity (Wildman–Crippen MR) is 90.7 cm³/mol. The van der Waals surface area contributed by atoms with Crippen molar-refractivity contribution in [3.8, 4) is 5.75 Å². The van der Waals surface area contributed by atoms with Crippen LogP contribution in [-0.2, 0) is 6.61 Å². The number of ether oxygens (including phenoxy) is 1. The smallest absolute Gasteiger partial charge is 0.336 e. The van der Waals surface area contributed by atoms with Gasteiger partial charge in [-0.15, -0.1) is 18.2 Å². The topological polar surface area (TPSA) is 46.5 Å². The van der Waals surface area contributed by atoms with E-state index in [4.69, 9.17) is 16.3 Å². The molecule has 0 aliphatic carbocycles. The van der Waals surface area contributed by atoms with Gasteiger partial charge in [0.1, 0.15) is 12.4 Å². The van der Waals surface area contributed by atoms with Crippen LogP contribution in [0.4, 0.5) is 0 Å². The highest BCUT2D eigenvalue weighted by molar-refractivity contribution is 9.10. The van der Waals surface area contributed by atoms with Crippen LogP contribution in [0.1, 0.15) is 26.9 Å². The molecule has 3 nitrogen and oxygen atoms in total. The number of alkyl halides is 1. The number of benzene rings is 2. The first-order chi connectivity index (χ1) is 10.5. The van der Waals surface area contributed by atoms with Crippen molar-refractivity contribution in [1.82, 2.24) is 0 Å². The SMILES string of the molecule is C=CC(Cl)c1ccc(C(=O)O)c(COc2ccc(Br)cc2)c1. The molecule has 22 heavy (non-hydrogen) atoms. The quantitative estimate of drug-likeness (QED) is 0.553. The zero-order valence-corrected chi connectivity index (χ0v) is 14.0. The van der Waals surface area contributed by atoms with Crippen LogP contribution < -0.4 is 4.74 Å². The molecular formula is C17H14BrClO3. The van der Waals surface area contributed by atoms with E-state index < -0.39 is 5.97 Å². The Morgan fingerprint density at radius 1 is 1.32 bits per heavy atom. The van der Waals surface area contributed by atoms with E-state index in [0.29, 0.717) is 11.3 Å². The highest BCUT2D eigenvalue weighted by atomic mass is 79.9. The molecule has 0 aromatic heterocycles. The second kappa shape index (κ2) is 7.47. The molecule has 0 spiro atoms. The van der Waals surface area contributed by atoms with Gasteiger partial charge < -0.3 is 9.84 Å². The predicted octanol–water partition coefficient (Wildman–Crippen LogP) is 5.19. The van der Waals surface area contributed by atoms with Gasteiger partial charge in [0.05, 0.1) is 10.9 Å². The number of hydrogen-bond donors (Lipinski definition) is 1. The van der Waals surface area contributed by atoms with Gasteiger partial charge in [-0.1, -0.05) is 28.1 Å². The van der Waals surface area contributed by atoms with Crippen LogP contribution in [0.3, 0.4) is 0 Å². The molecule has 2 aromatic rings. The average Bonchev–Trinajstić information content (AvgIpc) is 2.53. The first-order valence-electron chi connectivity index (χ1n) is 6.52. The van der Waals surface area contributed by atoms with Gasteiger partial charge >= 0.3 is 5.97 Å². The van der Waals surface area contributed by atoms with E-state index >= 15 is 0 Å². The molecule has 0 fully saturated rings. The number of aromatic carboxylic acids is 1. The number of carbonyl (C=O) groups is 1. The third-order valence-electron chi connectivity index (χ3n) is 3.09. The maximum Gasteiger partial charge on any atom is 0.336 e. The lowest BCUT2D eigenvalue weighted by atomic mass is 10.0. The van der Waals surface area contributed by atoms with Gasteiger partial charge in [-0.3, -0.25) is 0 Å². The summed E-state index contributed by atoms with van der Waals surface area (Å²) in [6, 6.07) is 12.3. The molecule has 5 heteroatoms. The minimum atomic E-state index is -0.995. The van der Waals surface area contributed by atoms with Gasteiger partial charge in [0.25, 0.3) is 0 Å². The van der Waals surface area contributed by atoms with Crippen LogP contribution in [0, 0.1) is 0 Å². The standard InChI is InChI=1S/C17H14BrClO3/c1-2-16(19)11-3-8-15(17(20)21)12(9-11)10-22-14-6-4-13(18)5-7-14/h2-9,16H,1,10H2,(H,20,21). The van der Waals surface area contributed by atoms with Crippen LogP contribution in [0.5, 0.6) is 5.75 Å². The van der Waals surface area contributed by atoms with Crippen molar-refractivity contribution >= 4 is 33.5 Å². The summed E-state index contributed by atoms with van der Waals surface area (Å²) in [4.78, 5) is 11.3. The average molecular weight is 382 g/mol. The summed E-state index contributed by atoms with van der Waals surface area (Å²) in [7, 11) is 0. The second-order valence-corrected chi connectivity index (χ2v) is 5.99. The summed E-state index contributed by atoms with van der Waals surface area (Å²) in [5.74, 6) is -0.332. The van der Waals surface area contributed by atoms with E-state index in [2.05, 4.69) is 22.5 Å². The molecule has 0 aliphatic rings. The fourth-order valence-corrected chi connectivity index (χ4v) is 2.34. The minimum Gasteiger partial charge on any atom is -0.489 e. The third-order valence-corrected chi connectivity index (χ3v) is 4.05. The van der Waals surface area contributed by atoms with Gasteiger partial charge in [-0.05, 0) is 42.0 Å². The molecule has 0 amide bonds. The van der Waals surface area contributed by atoms with Crippen LogP contribution in [0.15, 0.2) is 59.6 Å². The number of carboxylic acid groups (broad SMARTS) is 1. The maximum absolute atomic E-state index is 11.3. The molecule has 0 heterocycles. The summed E-state index contributed by atoms with van der Waals surface area (Å²) >= 11 is 9.47. The van der Waals surface area contributed by atoms with E-state index in [9.17, 15) is 9.90 Å². The summed E-state index contributed by atoms with van der Waals surface area (Å²) in [5, 5.41) is 8.90. The van der Waals surface area contributed by atoms with Crippen LogP contribution >= 0.6 is 27.5 Å². The second-order valence-electron chi connectivity index (χ2n) is 4.60. The highest BCUT2D eigenvalue weighted by Crippen LogP contribution is 2.25. The molecular weight excluding hydrogens is 368 g/mol. The number of rotatable bonds is 6. The Morgan fingerprint density at radius 3 is 2.59 bits per heavy atom. The first kappa shape index (κ1) is 16.6. The van der Waals surface area contributed by atoms with E-state index in [1.807, 2.05) is 24.3 Å². The largest absolute Gasteiger partial charge is 0.489 e. The Hall–Kier alpha value is -1.78. The van der Waals surface area contributed by atoms with Crippen molar-refractivity contribution in [3.05, 3.63) is 76.3 Å². The fourth-order valence-electron chi connectivity index (χ4n) is 1.94. The molecule has 1 atom stereocenters. The third kappa shape index (κ3) is 4.12. The molecule has 1 unspecified atom stereocenters. The van der Waals surface area contributed by atoms with Gasteiger partial charge in [0.2, 0.25) is 0 Å². The highest BCUT2D eigenvalue weighted by Gasteiger charge is 2.13. The summed E-state index contributed by atoms with van der Waals surface area (Å²) < 4.78 is 6.60. The van der Waals surface area contributed by atoms with Crippen LogP contribution in [0.25, 0.3) is 0 Å². The zero-order chi connectivity index (χ0) is 16.1. The Balaban J connectivity index is 2.24. The lowest BCUT2D eigenvalue weighted by molar-refractivity contribution is 0.0694. The summed E-state index contributed by atoms with van der Waals surface area (Å²) in [5.41, 5.74) is 1.56. The van der Waals surface area contributed by atoms with Gasteiger partial charge in [0.15, 0.2) is 0 Å². The van der Waals surface area contributed by atoms with Gasteiger partial charge in [-0.25, -0.2) is 4.79 Å². The molecule has 0 saturated heterocycles. The minimum absolute atomic E-state index is 0.151. The molecule has 0 radical (unpaired) electrons. The van der Waals surface area contributed by atoms with Crippen molar-refractivity contribution in [1.29, 1.82) is 0 Å². The zero-order valence-electron chi connectivity index (χ0n) is 11.6. The monoisotopic (exact) mass is 380 g/mol. The first-order valence-corrected chi connectivity index (χ1v) is 7.75. The van der Waals surface area contributed by atoms with Crippen molar-refractivity contribution < 1.29 is 14.6 Å². The maximum atomic E-state index is 11.3. The van der Waals surface area contributed by atoms with E-state index in [1.54, 1.807) is 18.2 Å². The van der Waals surface area contributed by atoms with E-state index in [0.717, 1.165) is 10.0 Å². The summed E-state index contributed by atoms with van der Waals surface area (Å²) in [6.45, 7) is 3.79. The van der Waals surface area contributed by atoms with Crippen molar-refractivity contribution in [2.24, 2.45) is 0 Å². The molecule has 1 N–H and O–H groups in total. The Kier molecular flexibility index (Phi) is 5.63. The Labute approximate surface area is 142 Å². The van der Waals surface area contributed by atoms with Crippen molar-refractivity contribution in [3.63, 3.8) is 0 Å². The molecule has 2 rings (SSSR count). The molecule has 2 aromatic carbocycles. The lowest BCUT2D eigenvalue weighted by Gasteiger charge is -2.12. The van der Waals surface area contributed by atoms with Crippen LogP contribution in [0.2, 0.25) is 0 Å². The number of allylic oxidation sites excluding steroid dienone is 1. The molecule has 0 aliphatic heterocycles. The lowest BCUT2D eigenvalue weighted by Crippen LogP contribution is -2.07. The molecule has 114 valence electrons. The van der Waals surface area contributed by atoms with Gasteiger partial charge in [0, 0.05) is 10.0 Å². The fraction of sp³-hybridized carbons (Fsp3) is 0.118. The van der Waals surface area contributed by atoms with E-state index in [-0.39, 0.29) is 17.5 Å². The number of hydrogen-bond acceptors (Lipinski definition) is 2. The van der Waals surface area contributed by atoms with Gasteiger partial charge in [-0.2, -0.15) is 0 Å². The Bertz CT molecular complexity index is 683. The van der Waals surface area contributed by atoms with Crippen LogP contribution in [-0.4, -0.2) is 11.1 Å². The normalized spacial score (nSPS) is 11.7. The number of carboxylic acids is 1. The Morgan fingerprint density at radius 2 is 2.00 bits per heavy atom. The summed E-state index contributed by atoms with van der Waals surface area (Å²) in [6.07, 6.45) is 1.59. The van der Waals surface area contributed by atoms with E-state index in [1.165, 1.54) is 6.07 Å².